The van der Waals surface area contributed by atoms with Gasteiger partial charge in [-0.05, 0) is 24.3 Å². The van der Waals surface area contributed by atoms with Gasteiger partial charge in [0.25, 0.3) is 0 Å². The van der Waals surface area contributed by atoms with Crippen molar-refractivity contribution in [2.24, 2.45) is 10.2 Å². The largest absolute Gasteiger partial charge is 0.462 e. The van der Waals surface area contributed by atoms with Gasteiger partial charge in [-0.2, -0.15) is 10.2 Å². The van der Waals surface area contributed by atoms with E-state index in [0.717, 1.165) is 34.6 Å². The predicted octanol–water partition coefficient (Wildman–Crippen LogP) is 2.84. The number of rotatable bonds is 15. The first kappa shape index (κ1) is 33.9. The van der Waals surface area contributed by atoms with E-state index in [-0.39, 0.29) is 5.71 Å². The monoisotopic (exact) mass is 598 g/mol. The molecule has 2 aromatic carbocycles. The number of carbonyl (C=O) groups is 5. The number of nitrogens with one attached hydrogen (secondary N) is 2. The molecule has 0 saturated carbocycles. The van der Waals surface area contributed by atoms with Crippen molar-refractivity contribution in [1.82, 2.24) is 0 Å². The normalized spacial score (nSPS) is 13.9. The van der Waals surface area contributed by atoms with Crippen LogP contribution >= 0.6 is 0 Å². The lowest BCUT2D eigenvalue weighted by Gasteiger charge is -2.35. The Morgan fingerprint density at radius 3 is 1.63 bits per heavy atom. The fourth-order valence-corrected chi connectivity index (χ4v) is 3.62. The first-order valence-electron chi connectivity index (χ1n) is 13.0. The smallest absolute Gasteiger partial charge is 0.303 e. The highest BCUT2D eigenvalue weighted by Gasteiger charge is 2.45. The Labute approximate surface area is 248 Å². The molecule has 0 aliphatic rings. The van der Waals surface area contributed by atoms with E-state index in [9.17, 15) is 24.0 Å². The molecule has 2 rings (SSSR count). The molecule has 0 amide bonds. The summed E-state index contributed by atoms with van der Waals surface area (Å²) in [7, 11) is 0. The van der Waals surface area contributed by atoms with Gasteiger partial charge in [0.15, 0.2) is 24.4 Å². The molecule has 0 bridgehead atoms. The second kappa shape index (κ2) is 17.5. The Bertz CT molecular complexity index is 1300. The number of para-hydroxylation sites is 2. The van der Waals surface area contributed by atoms with Crippen LogP contribution in [0.5, 0.6) is 0 Å². The van der Waals surface area contributed by atoms with Crippen LogP contribution in [-0.2, 0) is 47.7 Å². The molecule has 43 heavy (non-hydrogen) atoms. The molecule has 14 nitrogen and oxygen atoms in total. The maximum absolute atomic E-state index is 12.4. The number of hydrogen-bond acceptors (Lipinski definition) is 14. The number of hydrazone groups is 2. The number of nitrogens with zero attached hydrogens (tertiary/aromatic N) is 2. The van der Waals surface area contributed by atoms with Crippen LogP contribution < -0.4 is 10.9 Å². The third-order valence-electron chi connectivity index (χ3n) is 5.20. The van der Waals surface area contributed by atoms with Crippen molar-refractivity contribution >= 4 is 53.1 Å². The van der Waals surface area contributed by atoms with Crippen LogP contribution in [0, 0.1) is 0 Å². The average molecular weight is 599 g/mol. The summed E-state index contributed by atoms with van der Waals surface area (Å²) in [6.45, 7) is 4.84. The number of anilines is 2. The molecule has 0 aromatic heterocycles. The third-order valence-corrected chi connectivity index (χ3v) is 5.20. The Morgan fingerprint density at radius 1 is 0.651 bits per heavy atom. The van der Waals surface area contributed by atoms with E-state index in [1.165, 1.54) is 6.21 Å². The lowest BCUT2D eigenvalue weighted by Crippen LogP contribution is -2.55. The average Bonchev–Trinajstić information content (AvgIpc) is 2.94. The molecule has 2 N–H and O–H groups in total. The van der Waals surface area contributed by atoms with Crippen LogP contribution in [0.3, 0.4) is 0 Å². The first-order valence-corrected chi connectivity index (χ1v) is 13.0. The van der Waals surface area contributed by atoms with E-state index in [1.807, 2.05) is 6.07 Å². The lowest BCUT2D eigenvalue weighted by molar-refractivity contribution is -0.197. The molecule has 4 atom stereocenters. The van der Waals surface area contributed by atoms with E-state index in [4.69, 9.17) is 23.7 Å². The predicted molar refractivity (Wildman–Crippen MR) is 155 cm³/mol. The molecule has 0 radical (unpaired) electrons. The molecule has 230 valence electrons. The van der Waals surface area contributed by atoms with E-state index in [1.54, 1.807) is 54.6 Å². The van der Waals surface area contributed by atoms with Crippen LogP contribution in [0.4, 0.5) is 11.4 Å². The maximum Gasteiger partial charge on any atom is 0.303 e. The van der Waals surface area contributed by atoms with Crippen molar-refractivity contribution in [1.29, 1.82) is 0 Å². The maximum atomic E-state index is 12.4. The van der Waals surface area contributed by atoms with Crippen molar-refractivity contribution in [3.63, 3.8) is 0 Å². The summed E-state index contributed by atoms with van der Waals surface area (Å²) in [6, 6.07) is 17.6. The fourth-order valence-electron chi connectivity index (χ4n) is 3.62. The van der Waals surface area contributed by atoms with E-state index >= 15 is 0 Å². The number of carbonyl (C=O) groups excluding carboxylic acids is 5. The molecule has 0 aliphatic carbocycles. The fraction of sp³-hybridized carbons (Fsp3) is 0.345. The number of hydrogen-bond donors (Lipinski definition) is 2. The minimum absolute atomic E-state index is 0.111. The highest BCUT2D eigenvalue weighted by atomic mass is 16.6. The number of benzene rings is 2. The number of esters is 5. The summed E-state index contributed by atoms with van der Waals surface area (Å²) in [5.41, 5.74) is 6.66. The molecule has 14 heteroatoms. The van der Waals surface area contributed by atoms with Crippen LogP contribution in [-0.4, -0.2) is 72.8 Å². The van der Waals surface area contributed by atoms with Gasteiger partial charge in [-0.15, -0.1) is 0 Å². The summed E-state index contributed by atoms with van der Waals surface area (Å²) in [4.78, 5) is 60.5. The van der Waals surface area contributed by atoms with Crippen molar-refractivity contribution < 1.29 is 47.7 Å². The molecular formula is C29H34N4O10. The summed E-state index contributed by atoms with van der Waals surface area (Å²) in [6.07, 6.45) is -5.21. The molecule has 0 heterocycles. The Morgan fingerprint density at radius 2 is 1.14 bits per heavy atom. The summed E-state index contributed by atoms with van der Waals surface area (Å²) in [5.74, 6) is -4.13. The Balaban J connectivity index is 2.69. The van der Waals surface area contributed by atoms with Gasteiger partial charge in [0.05, 0.1) is 17.6 Å². The zero-order valence-electron chi connectivity index (χ0n) is 24.3. The highest BCUT2D eigenvalue weighted by Crippen LogP contribution is 2.22. The van der Waals surface area contributed by atoms with E-state index in [0.29, 0.717) is 11.4 Å². The van der Waals surface area contributed by atoms with Gasteiger partial charge in [-0.25, -0.2) is 0 Å². The minimum Gasteiger partial charge on any atom is -0.462 e. The summed E-state index contributed by atoms with van der Waals surface area (Å²) >= 11 is 0. The molecule has 0 saturated heterocycles. The Hall–Kier alpha value is -5.27. The van der Waals surface area contributed by atoms with Gasteiger partial charge in [0, 0.05) is 34.6 Å². The zero-order chi connectivity index (χ0) is 31.8. The second-order valence-electron chi connectivity index (χ2n) is 8.88. The van der Waals surface area contributed by atoms with Crippen LogP contribution in [0.15, 0.2) is 70.9 Å². The van der Waals surface area contributed by atoms with Crippen LogP contribution in [0.25, 0.3) is 0 Å². The first-order chi connectivity index (χ1) is 20.5. The van der Waals surface area contributed by atoms with Crippen LogP contribution in [0.2, 0.25) is 0 Å². The summed E-state index contributed by atoms with van der Waals surface area (Å²) in [5, 5.41) is 8.51. The topological polar surface area (TPSA) is 180 Å². The lowest BCUT2D eigenvalue weighted by atomic mass is 9.98. The SMILES string of the molecule is CC(=O)OCC(OC(C)=O)C(OC(C)=O)C(OC(C)=O)C(OC(C)=O)C(C=NNc1ccccc1)=NNc1ccccc1. The Kier molecular flexibility index (Phi) is 13.8. The molecule has 0 aliphatic heterocycles. The van der Waals surface area contributed by atoms with Gasteiger partial charge in [-0.1, -0.05) is 36.4 Å². The highest BCUT2D eigenvalue weighted by molar-refractivity contribution is 6.33. The second-order valence-corrected chi connectivity index (χ2v) is 8.88. The van der Waals surface area contributed by atoms with E-state index < -0.39 is 60.9 Å². The van der Waals surface area contributed by atoms with Gasteiger partial charge in [-0.3, -0.25) is 34.8 Å². The van der Waals surface area contributed by atoms with Gasteiger partial charge in [0.2, 0.25) is 0 Å². The molecule has 2 aromatic rings. The van der Waals surface area contributed by atoms with E-state index in [2.05, 4.69) is 21.1 Å². The quantitative estimate of drug-likeness (QED) is 0.133. The van der Waals surface area contributed by atoms with Gasteiger partial charge >= 0.3 is 29.8 Å². The zero-order valence-corrected chi connectivity index (χ0v) is 24.3. The van der Waals surface area contributed by atoms with Crippen LogP contribution in [0.1, 0.15) is 34.6 Å². The van der Waals surface area contributed by atoms with Gasteiger partial charge < -0.3 is 23.7 Å². The number of ether oxygens (including phenoxy) is 5. The van der Waals surface area contributed by atoms with Gasteiger partial charge in [0.1, 0.15) is 12.3 Å². The van der Waals surface area contributed by atoms with Crippen molar-refractivity contribution in [3.05, 3.63) is 60.7 Å². The molecule has 0 fully saturated rings. The van der Waals surface area contributed by atoms with Crippen molar-refractivity contribution in [2.75, 3.05) is 17.5 Å². The molecular weight excluding hydrogens is 564 g/mol. The van der Waals surface area contributed by atoms with Crippen molar-refractivity contribution in [3.8, 4) is 0 Å². The third kappa shape index (κ3) is 12.8. The van der Waals surface area contributed by atoms with Crippen molar-refractivity contribution in [2.45, 2.75) is 59.0 Å². The standard InChI is InChI=1S/C29H34N4O10/c1-18(34)39-17-26(40-19(2)35)28(42-21(4)37)29(43-22(5)38)27(41-20(3)36)25(33-32-24-14-10-7-11-15-24)16-30-31-23-12-8-6-9-13-23/h6-16,26-29,31-32H,17H2,1-5H3. The summed E-state index contributed by atoms with van der Waals surface area (Å²) < 4.78 is 26.9. The minimum atomic E-state index is -1.68. The molecule has 0 spiro atoms. The molecule has 4 unspecified atom stereocenters.